The maximum Gasteiger partial charge on any atom is 0.0720 e. The number of terminal acetylenes is 1. The molecule has 1 aromatic rings. The highest BCUT2D eigenvalue weighted by atomic mass is 79.9. The molecule has 0 radical (unpaired) electrons. The van der Waals surface area contributed by atoms with Crippen LogP contribution in [-0.4, -0.2) is 6.54 Å². The Hall–Kier alpha value is -0.360. The maximum atomic E-state index is 5.99. The molecule has 14 heavy (non-hydrogen) atoms. The van der Waals surface area contributed by atoms with Crippen LogP contribution in [0.3, 0.4) is 0 Å². The Labute approximate surface area is 102 Å². The maximum absolute atomic E-state index is 5.99. The van der Waals surface area contributed by atoms with Gasteiger partial charge in [0.25, 0.3) is 0 Å². The van der Waals surface area contributed by atoms with Crippen LogP contribution < -0.4 is 5.32 Å². The van der Waals surface area contributed by atoms with E-state index in [2.05, 4.69) is 27.2 Å². The quantitative estimate of drug-likeness (QED) is 0.651. The lowest BCUT2D eigenvalue weighted by Gasteiger charge is -2.09. The van der Waals surface area contributed by atoms with Crippen molar-refractivity contribution in [3.63, 3.8) is 0 Å². The van der Waals surface area contributed by atoms with Crippen molar-refractivity contribution < 1.29 is 0 Å². The van der Waals surface area contributed by atoms with Crippen molar-refractivity contribution in [1.29, 1.82) is 0 Å². The predicted molar refractivity (Wildman–Crippen MR) is 66.1 cm³/mol. The average molecular weight is 293 g/mol. The minimum Gasteiger partial charge on any atom is -0.382 e. The zero-order valence-electron chi connectivity index (χ0n) is 7.28. The van der Waals surface area contributed by atoms with E-state index >= 15 is 0 Å². The molecule has 0 unspecified atom stereocenters. The first-order valence-corrected chi connectivity index (χ1v) is 5.52. The smallest absolute Gasteiger partial charge is 0.0720 e. The Morgan fingerprint density at radius 1 is 1.36 bits per heavy atom. The van der Waals surface area contributed by atoms with Crippen molar-refractivity contribution in [1.82, 2.24) is 0 Å². The van der Waals surface area contributed by atoms with E-state index in [4.69, 9.17) is 29.6 Å². The van der Waals surface area contributed by atoms with Gasteiger partial charge in [-0.05, 0) is 12.1 Å². The van der Waals surface area contributed by atoms with Gasteiger partial charge in [0.15, 0.2) is 0 Å². The fourth-order valence-electron chi connectivity index (χ4n) is 0.971. The van der Waals surface area contributed by atoms with Gasteiger partial charge in [0.2, 0.25) is 0 Å². The molecule has 0 saturated carbocycles. The summed E-state index contributed by atoms with van der Waals surface area (Å²) in [7, 11) is 0. The Bertz CT molecular complexity index is 348. The molecule has 4 heteroatoms. The topological polar surface area (TPSA) is 12.0 Å². The van der Waals surface area contributed by atoms with Crippen molar-refractivity contribution in [2.45, 2.75) is 6.42 Å². The summed E-state index contributed by atoms with van der Waals surface area (Å²) in [6, 6.07) is 3.57. The molecule has 0 saturated heterocycles. The van der Waals surface area contributed by atoms with E-state index < -0.39 is 0 Å². The van der Waals surface area contributed by atoms with Crippen molar-refractivity contribution in [3.8, 4) is 12.3 Å². The number of benzene rings is 1. The molecule has 1 nitrogen and oxygen atoms in total. The molecule has 0 aliphatic carbocycles. The Kier molecular flexibility index (Phi) is 4.60. The van der Waals surface area contributed by atoms with Gasteiger partial charge in [0.1, 0.15) is 0 Å². The van der Waals surface area contributed by atoms with Gasteiger partial charge in [-0.3, -0.25) is 0 Å². The van der Waals surface area contributed by atoms with Gasteiger partial charge in [-0.15, -0.1) is 12.3 Å². The SMILES string of the molecule is C#CCCNc1c(Cl)cc(Br)cc1Cl. The molecule has 0 heterocycles. The van der Waals surface area contributed by atoms with Crippen LogP contribution in [0.25, 0.3) is 0 Å². The van der Waals surface area contributed by atoms with Gasteiger partial charge in [-0.25, -0.2) is 0 Å². The molecule has 0 aliphatic heterocycles. The fourth-order valence-corrected chi connectivity index (χ4v) is 2.31. The molecule has 0 aliphatic rings. The number of rotatable bonds is 3. The molecule has 0 spiro atoms. The van der Waals surface area contributed by atoms with Crippen LogP contribution in [0, 0.1) is 12.3 Å². The van der Waals surface area contributed by atoms with Crippen LogP contribution in [0.15, 0.2) is 16.6 Å². The summed E-state index contributed by atoms with van der Waals surface area (Å²) in [5.41, 5.74) is 0.729. The summed E-state index contributed by atoms with van der Waals surface area (Å²) in [5, 5.41) is 4.25. The van der Waals surface area contributed by atoms with Crippen molar-refractivity contribution in [3.05, 3.63) is 26.7 Å². The molecule has 1 aromatic carbocycles. The van der Waals surface area contributed by atoms with Gasteiger partial charge in [-0.2, -0.15) is 0 Å². The zero-order valence-corrected chi connectivity index (χ0v) is 10.4. The van der Waals surface area contributed by atoms with Gasteiger partial charge < -0.3 is 5.32 Å². The van der Waals surface area contributed by atoms with Gasteiger partial charge >= 0.3 is 0 Å². The van der Waals surface area contributed by atoms with E-state index in [1.54, 1.807) is 12.1 Å². The molecule has 0 atom stereocenters. The summed E-state index contributed by atoms with van der Waals surface area (Å²) in [5.74, 6) is 2.53. The van der Waals surface area contributed by atoms with Gasteiger partial charge in [-0.1, -0.05) is 39.1 Å². The summed E-state index contributed by atoms with van der Waals surface area (Å²) < 4.78 is 0.856. The second-order valence-electron chi connectivity index (χ2n) is 2.63. The normalized spacial score (nSPS) is 9.57. The average Bonchev–Trinajstić information content (AvgIpc) is 2.09. The monoisotopic (exact) mass is 291 g/mol. The standard InChI is InChI=1S/C10H8BrCl2N/c1-2-3-4-14-10-8(12)5-7(11)6-9(10)13/h1,5-6,14H,3-4H2. The molecule has 74 valence electrons. The van der Waals surface area contributed by atoms with Crippen LogP contribution in [-0.2, 0) is 0 Å². The minimum atomic E-state index is 0.585. The van der Waals surface area contributed by atoms with E-state index in [9.17, 15) is 0 Å². The Morgan fingerprint density at radius 3 is 2.43 bits per heavy atom. The summed E-state index contributed by atoms with van der Waals surface area (Å²) in [6.07, 6.45) is 5.77. The van der Waals surface area contributed by atoms with Crippen LogP contribution in [0.1, 0.15) is 6.42 Å². The summed E-state index contributed by atoms with van der Waals surface area (Å²) in [6.45, 7) is 0.664. The van der Waals surface area contributed by atoms with Crippen molar-refractivity contribution in [2.24, 2.45) is 0 Å². The van der Waals surface area contributed by atoms with Gasteiger partial charge in [0.05, 0.1) is 15.7 Å². The lowest BCUT2D eigenvalue weighted by Crippen LogP contribution is -2.01. The largest absolute Gasteiger partial charge is 0.382 e. The molecule has 0 bridgehead atoms. The van der Waals surface area contributed by atoms with Crippen LogP contribution in [0.5, 0.6) is 0 Å². The highest BCUT2D eigenvalue weighted by Crippen LogP contribution is 2.33. The lowest BCUT2D eigenvalue weighted by atomic mass is 10.3. The molecule has 0 fully saturated rings. The van der Waals surface area contributed by atoms with Crippen LogP contribution in [0.4, 0.5) is 5.69 Å². The van der Waals surface area contributed by atoms with Crippen molar-refractivity contribution >= 4 is 44.8 Å². The number of hydrogen-bond acceptors (Lipinski definition) is 1. The zero-order chi connectivity index (χ0) is 10.6. The third-order valence-corrected chi connectivity index (χ3v) is 2.63. The Balaban J connectivity index is 2.81. The van der Waals surface area contributed by atoms with E-state index in [1.165, 1.54) is 0 Å². The molecule has 0 aromatic heterocycles. The van der Waals surface area contributed by atoms with E-state index in [0.717, 1.165) is 10.2 Å². The number of anilines is 1. The first-order chi connectivity index (χ1) is 6.65. The first-order valence-electron chi connectivity index (χ1n) is 3.97. The first kappa shape index (κ1) is 11.7. The lowest BCUT2D eigenvalue weighted by molar-refractivity contribution is 1.10. The Morgan fingerprint density at radius 2 is 1.93 bits per heavy atom. The van der Waals surface area contributed by atoms with Crippen LogP contribution >= 0.6 is 39.1 Å². The van der Waals surface area contributed by atoms with Gasteiger partial charge in [0, 0.05) is 17.4 Å². The summed E-state index contributed by atoms with van der Waals surface area (Å²) in [4.78, 5) is 0. The number of hydrogen-bond donors (Lipinski definition) is 1. The highest BCUT2D eigenvalue weighted by Gasteiger charge is 2.05. The number of halogens is 3. The molecule has 1 N–H and O–H groups in total. The third kappa shape index (κ3) is 3.09. The van der Waals surface area contributed by atoms with Crippen LogP contribution in [0.2, 0.25) is 10.0 Å². The minimum absolute atomic E-state index is 0.585. The van der Waals surface area contributed by atoms with Crippen molar-refractivity contribution in [2.75, 3.05) is 11.9 Å². The second-order valence-corrected chi connectivity index (χ2v) is 4.36. The third-order valence-electron chi connectivity index (χ3n) is 1.58. The fraction of sp³-hybridized carbons (Fsp3) is 0.200. The summed E-state index contributed by atoms with van der Waals surface area (Å²) >= 11 is 15.3. The van der Waals surface area contributed by atoms with E-state index in [-0.39, 0.29) is 0 Å². The molecule has 0 amide bonds. The highest BCUT2D eigenvalue weighted by molar-refractivity contribution is 9.10. The number of nitrogens with one attached hydrogen (secondary N) is 1. The second kappa shape index (κ2) is 5.50. The predicted octanol–water partition coefficient (Wildman–Crippen LogP) is 4.19. The van der Waals surface area contributed by atoms with E-state index in [0.29, 0.717) is 23.0 Å². The molecular weight excluding hydrogens is 285 g/mol. The van der Waals surface area contributed by atoms with E-state index in [1.807, 2.05) is 0 Å². The molecular formula is C10H8BrCl2N. The molecule has 1 rings (SSSR count).